The molecule has 2 aromatic rings. The molecule has 0 aliphatic heterocycles. The van der Waals surface area contributed by atoms with E-state index >= 15 is 0 Å². The van der Waals surface area contributed by atoms with Gasteiger partial charge in [0.2, 0.25) is 0 Å². The van der Waals surface area contributed by atoms with Crippen LogP contribution in [0, 0.1) is 5.41 Å². The molecular formula is C20H29N5. The molecule has 0 unspecified atom stereocenters. The summed E-state index contributed by atoms with van der Waals surface area (Å²) in [5, 5.41) is 6.89. The molecule has 5 nitrogen and oxygen atoms in total. The van der Waals surface area contributed by atoms with E-state index in [1.807, 2.05) is 25.5 Å². The number of benzene rings is 1. The molecular weight excluding hydrogens is 310 g/mol. The van der Waals surface area contributed by atoms with E-state index in [4.69, 9.17) is 0 Å². The lowest BCUT2D eigenvalue weighted by Gasteiger charge is -2.41. The summed E-state index contributed by atoms with van der Waals surface area (Å²) in [6, 6.07) is 10.5. The average molecular weight is 339 g/mol. The highest BCUT2D eigenvalue weighted by Gasteiger charge is 2.34. The standard InChI is InChI=1S/C20H29N5/c1-3-20(10-7-11-20)16-24-19(21-2)23-14-18-22-12-13-25(18)15-17-8-5-4-6-9-17/h4-6,8-9,12-13H,3,7,10-11,14-16H2,1-2H3,(H2,21,23,24). The van der Waals surface area contributed by atoms with Gasteiger partial charge in [0.25, 0.3) is 0 Å². The largest absolute Gasteiger partial charge is 0.356 e. The SMILES string of the molecule is CCC1(CNC(=NC)NCc2nccn2Cc2ccccc2)CCC1. The Labute approximate surface area is 150 Å². The predicted octanol–water partition coefficient (Wildman–Crippen LogP) is 3.18. The van der Waals surface area contributed by atoms with E-state index in [0.717, 1.165) is 24.9 Å². The van der Waals surface area contributed by atoms with Crippen molar-refractivity contribution in [1.29, 1.82) is 0 Å². The minimum atomic E-state index is 0.476. The van der Waals surface area contributed by atoms with Crippen LogP contribution in [0.15, 0.2) is 47.7 Å². The second-order valence-corrected chi connectivity index (χ2v) is 6.94. The van der Waals surface area contributed by atoms with Crippen molar-refractivity contribution in [2.24, 2.45) is 10.4 Å². The highest BCUT2D eigenvalue weighted by atomic mass is 15.2. The number of imidazole rings is 1. The zero-order chi connectivity index (χ0) is 17.5. The summed E-state index contributed by atoms with van der Waals surface area (Å²) in [6.45, 7) is 4.79. The first kappa shape index (κ1) is 17.5. The maximum atomic E-state index is 4.49. The summed E-state index contributed by atoms with van der Waals surface area (Å²) in [4.78, 5) is 8.84. The lowest BCUT2D eigenvalue weighted by atomic mass is 9.67. The Morgan fingerprint density at radius 1 is 1.24 bits per heavy atom. The maximum absolute atomic E-state index is 4.49. The van der Waals surface area contributed by atoms with Crippen LogP contribution < -0.4 is 10.6 Å². The van der Waals surface area contributed by atoms with E-state index in [1.165, 1.54) is 31.2 Å². The van der Waals surface area contributed by atoms with E-state index < -0.39 is 0 Å². The van der Waals surface area contributed by atoms with Gasteiger partial charge in [0.1, 0.15) is 5.82 Å². The molecule has 0 bridgehead atoms. The Morgan fingerprint density at radius 2 is 2.04 bits per heavy atom. The first-order valence-corrected chi connectivity index (χ1v) is 9.23. The Balaban J connectivity index is 1.53. The Bertz CT molecular complexity index is 680. The zero-order valence-electron chi connectivity index (χ0n) is 15.3. The number of hydrogen-bond acceptors (Lipinski definition) is 2. The van der Waals surface area contributed by atoms with Crippen LogP contribution >= 0.6 is 0 Å². The van der Waals surface area contributed by atoms with Gasteiger partial charge in [-0.2, -0.15) is 0 Å². The van der Waals surface area contributed by atoms with E-state index in [0.29, 0.717) is 12.0 Å². The number of guanidine groups is 1. The third kappa shape index (κ3) is 4.41. The smallest absolute Gasteiger partial charge is 0.191 e. The van der Waals surface area contributed by atoms with Gasteiger partial charge < -0.3 is 15.2 Å². The Morgan fingerprint density at radius 3 is 2.68 bits per heavy atom. The van der Waals surface area contributed by atoms with Crippen molar-refractivity contribution in [2.45, 2.75) is 45.7 Å². The lowest BCUT2D eigenvalue weighted by molar-refractivity contribution is 0.131. The molecule has 0 radical (unpaired) electrons. The monoisotopic (exact) mass is 339 g/mol. The first-order chi connectivity index (χ1) is 12.2. The highest BCUT2D eigenvalue weighted by molar-refractivity contribution is 5.79. The van der Waals surface area contributed by atoms with Crippen LogP contribution in [0.25, 0.3) is 0 Å². The number of aliphatic imine (C=N–C) groups is 1. The minimum Gasteiger partial charge on any atom is -0.356 e. The van der Waals surface area contributed by atoms with Gasteiger partial charge in [0.15, 0.2) is 5.96 Å². The Hall–Kier alpha value is -2.30. The summed E-state index contributed by atoms with van der Waals surface area (Å²) in [5.41, 5.74) is 1.75. The molecule has 0 saturated heterocycles. The van der Waals surface area contributed by atoms with Gasteiger partial charge in [0, 0.05) is 32.5 Å². The van der Waals surface area contributed by atoms with Gasteiger partial charge >= 0.3 is 0 Å². The fourth-order valence-corrected chi connectivity index (χ4v) is 3.42. The third-order valence-electron chi connectivity index (χ3n) is 5.43. The van der Waals surface area contributed by atoms with Gasteiger partial charge in [-0.15, -0.1) is 0 Å². The minimum absolute atomic E-state index is 0.476. The van der Waals surface area contributed by atoms with Crippen LogP contribution in [-0.2, 0) is 13.1 Å². The van der Waals surface area contributed by atoms with Crippen LogP contribution in [0.4, 0.5) is 0 Å². The van der Waals surface area contributed by atoms with Gasteiger partial charge in [-0.3, -0.25) is 4.99 Å². The van der Waals surface area contributed by atoms with Gasteiger partial charge in [-0.25, -0.2) is 4.98 Å². The van der Waals surface area contributed by atoms with Crippen LogP contribution in [0.3, 0.4) is 0 Å². The average Bonchev–Trinajstić information content (AvgIpc) is 3.05. The number of rotatable bonds is 7. The lowest BCUT2D eigenvalue weighted by Crippen LogP contribution is -2.46. The first-order valence-electron chi connectivity index (χ1n) is 9.23. The molecule has 1 aromatic carbocycles. The van der Waals surface area contributed by atoms with Crippen molar-refractivity contribution in [3.63, 3.8) is 0 Å². The molecule has 25 heavy (non-hydrogen) atoms. The molecule has 1 aromatic heterocycles. The fourth-order valence-electron chi connectivity index (χ4n) is 3.42. The summed E-state index contributed by atoms with van der Waals surface area (Å²) in [5.74, 6) is 1.87. The molecule has 0 amide bonds. The summed E-state index contributed by atoms with van der Waals surface area (Å²) in [7, 11) is 1.82. The van der Waals surface area contributed by atoms with Gasteiger partial charge in [-0.1, -0.05) is 43.7 Å². The van der Waals surface area contributed by atoms with E-state index in [2.05, 4.69) is 56.4 Å². The molecule has 1 fully saturated rings. The van der Waals surface area contributed by atoms with Gasteiger partial charge in [-0.05, 0) is 30.2 Å². The molecule has 5 heteroatoms. The summed E-state index contributed by atoms with van der Waals surface area (Å²) < 4.78 is 2.18. The van der Waals surface area contributed by atoms with Crippen molar-refractivity contribution in [1.82, 2.24) is 20.2 Å². The number of aromatic nitrogens is 2. The molecule has 2 N–H and O–H groups in total. The van der Waals surface area contributed by atoms with Crippen molar-refractivity contribution in [3.8, 4) is 0 Å². The second kappa shape index (κ2) is 8.19. The summed E-state index contributed by atoms with van der Waals surface area (Å²) >= 11 is 0. The quantitative estimate of drug-likeness (QED) is 0.602. The third-order valence-corrected chi connectivity index (χ3v) is 5.43. The predicted molar refractivity (Wildman–Crippen MR) is 103 cm³/mol. The van der Waals surface area contributed by atoms with Crippen molar-refractivity contribution in [3.05, 3.63) is 54.1 Å². The van der Waals surface area contributed by atoms with Crippen molar-refractivity contribution < 1.29 is 0 Å². The van der Waals surface area contributed by atoms with E-state index in [-0.39, 0.29) is 0 Å². The summed E-state index contributed by atoms with van der Waals surface area (Å²) in [6.07, 6.45) is 9.14. The number of nitrogens with zero attached hydrogens (tertiary/aromatic N) is 3. The zero-order valence-corrected chi connectivity index (χ0v) is 15.3. The number of hydrogen-bond donors (Lipinski definition) is 2. The second-order valence-electron chi connectivity index (χ2n) is 6.94. The highest BCUT2D eigenvalue weighted by Crippen LogP contribution is 2.42. The van der Waals surface area contributed by atoms with Crippen LogP contribution in [0.1, 0.15) is 44.0 Å². The molecule has 1 heterocycles. The molecule has 1 aliphatic carbocycles. The Kier molecular flexibility index (Phi) is 5.74. The molecule has 3 rings (SSSR count). The molecule has 0 spiro atoms. The molecule has 1 aliphatic rings. The molecule has 134 valence electrons. The maximum Gasteiger partial charge on any atom is 0.191 e. The fraction of sp³-hybridized carbons (Fsp3) is 0.500. The molecule has 1 saturated carbocycles. The van der Waals surface area contributed by atoms with E-state index in [1.54, 1.807) is 0 Å². The van der Waals surface area contributed by atoms with Crippen molar-refractivity contribution in [2.75, 3.05) is 13.6 Å². The van der Waals surface area contributed by atoms with Gasteiger partial charge in [0.05, 0.1) is 6.54 Å². The van der Waals surface area contributed by atoms with E-state index in [9.17, 15) is 0 Å². The molecule has 0 atom stereocenters. The normalized spacial score (nSPS) is 16.3. The van der Waals surface area contributed by atoms with Crippen LogP contribution in [-0.4, -0.2) is 29.1 Å². The van der Waals surface area contributed by atoms with Crippen LogP contribution in [0.2, 0.25) is 0 Å². The number of nitrogens with one attached hydrogen (secondary N) is 2. The topological polar surface area (TPSA) is 54.2 Å². The van der Waals surface area contributed by atoms with Crippen LogP contribution in [0.5, 0.6) is 0 Å². The van der Waals surface area contributed by atoms with Crippen molar-refractivity contribution >= 4 is 5.96 Å².